The van der Waals surface area contributed by atoms with E-state index in [1.165, 1.54) is 18.2 Å². The minimum atomic E-state index is -2.89. The van der Waals surface area contributed by atoms with E-state index in [4.69, 9.17) is 0 Å². The first-order valence-electron chi connectivity index (χ1n) is 6.37. The van der Waals surface area contributed by atoms with Gasteiger partial charge < -0.3 is 9.64 Å². The molecule has 0 aliphatic rings. The second kappa shape index (κ2) is 8.19. The fraction of sp³-hybridized carbons (Fsp3) is 0.500. The maximum absolute atomic E-state index is 12.4. The van der Waals surface area contributed by atoms with Crippen LogP contribution in [0, 0.1) is 0 Å². The molecule has 0 aromatic heterocycles. The zero-order valence-corrected chi connectivity index (χ0v) is 13.1. The molecule has 0 saturated heterocycles. The average Bonchev–Trinajstić information content (AvgIpc) is 2.38. The number of amides is 1. The van der Waals surface area contributed by atoms with Crippen molar-refractivity contribution >= 4 is 21.8 Å². The molecule has 0 unspecified atom stereocenters. The molecule has 0 fully saturated rings. The van der Waals surface area contributed by atoms with Crippen LogP contribution in [0.15, 0.2) is 24.3 Å². The van der Waals surface area contributed by atoms with Gasteiger partial charge in [-0.05, 0) is 38.5 Å². The van der Waals surface area contributed by atoms with Crippen LogP contribution < -0.4 is 4.74 Å². The van der Waals surface area contributed by atoms with Gasteiger partial charge >= 0.3 is 6.61 Å². The van der Waals surface area contributed by atoms with Crippen LogP contribution in [0.2, 0.25) is 0 Å². The molecule has 0 atom stereocenters. The summed E-state index contributed by atoms with van der Waals surface area (Å²) in [5.74, 6) is -0.185. The van der Waals surface area contributed by atoms with Crippen molar-refractivity contribution in [2.75, 3.05) is 11.9 Å². The normalized spacial score (nSPS) is 10.9. The Bertz CT molecular complexity index is 441. The molecule has 0 saturated carbocycles. The first kappa shape index (κ1) is 16.9. The lowest BCUT2D eigenvalue weighted by atomic mass is 10.1. The third-order valence-electron chi connectivity index (χ3n) is 2.72. The summed E-state index contributed by atoms with van der Waals surface area (Å²) in [6, 6.07) is 5.93. The number of rotatable bonds is 7. The molecule has 0 aliphatic carbocycles. The number of hydrogen-bond acceptors (Lipinski definition) is 2. The monoisotopic (exact) mass is 349 g/mol. The van der Waals surface area contributed by atoms with Crippen LogP contribution in [0.3, 0.4) is 0 Å². The summed E-state index contributed by atoms with van der Waals surface area (Å²) in [6.07, 6.45) is 0.831. The Morgan fingerprint density at radius 3 is 2.65 bits per heavy atom. The number of alkyl halides is 3. The fourth-order valence-corrected chi connectivity index (χ4v) is 2.05. The summed E-state index contributed by atoms with van der Waals surface area (Å²) in [7, 11) is 0. The molecule has 3 nitrogen and oxygen atoms in total. The summed E-state index contributed by atoms with van der Waals surface area (Å²) >= 11 is 3.33. The number of ether oxygens (including phenoxy) is 1. The topological polar surface area (TPSA) is 29.5 Å². The van der Waals surface area contributed by atoms with E-state index in [0.29, 0.717) is 12.1 Å². The quantitative estimate of drug-likeness (QED) is 0.698. The van der Waals surface area contributed by atoms with Gasteiger partial charge in [0.25, 0.3) is 5.91 Å². The molecule has 0 radical (unpaired) electrons. The number of halogens is 3. The lowest BCUT2D eigenvalue weighted by molar-refractivity contribution is -0.0499. The van der Waals surface area contributed by atoms with Crippen LogP contribution in [0.4, 0.5) is 8.78 Å². The smallest absolute Gasteiger partial charge is 0.387 e. The second-order valence-electron chi connectivity index (χ2n) is 4.54. The zero-order chi connectivity index (χ0) is 15.1. The molecular weight excluding hydrogens is 332 g/mol. The summed E-state index contributed by atoms with van der Waals surface area (Å²) < 4.78 is 28.7. The molecule has 20 heavy (non-hydrogen) atoms. The van der Waals surface area contributed by atoms with Crippen molar-refractivity contribution in [3.8, 4) is 5.75 Å². The number of carbonyl (C=O) groups is 1. The zero-order valence-electron chi connectivity index (χ0n) is 11.5. The van der Waals surface area contributed by atoms with Gasteiger partial charge in [0, 0.05) is 23.5 Å². The summed E-state index contributed by atoms with van der Waals surface area (Å²) in [5, 5.41) is 0.804. The van der Waals surface area contributed by atoms with E-state index in [-0.39, 0.29) is 17.7 Å². The largest absolute Gasteiger partial charge is 0.435 e. The summed E-state index contributed by atoms with van der Waals surface area (Å²) in [4.78, 5) is 14.1. The van der Waals surface area contributed by atoms with Crippen molar-refractivity contribution in [2.45, 2.75) is 32.9 Å². The molecule has 0 spiro atoms. The second-order valence-corrected chi connectivity index (χ2v) is 5.33. The molecule has 0 aliphatic heterocycles. The van der Waals surface area contributed by atoms with E-state index in [1.54, 1.807) is 11.0 Å². The SMILES string of the molecule is CC(C)N(CCCBr)C(=O)c1cccc(OC(F)F)c1. The maximum Gasteiger partial charge on any atom is 0.387 e. The van der Waals surface area contributed by atoms with E-state index >= 15 is 0 Å². The Balaban J connectivity index is 2.88. The Morgan fingerprint density at radius 2 is 2.10 bits per heavy atom. The molecule has 1 amide bonds. The number of hydrogen-bond donors (Lipinski definition) is 0. The highest BCUT2D eigenvalue weighted by molar-refractivity contribution is 9.09. The lowest BCUT2D eigenvalue weighted by Crippen LogP contribution is -2.37. The number of benzene rings is 1. The first-order valence-corrected chi connectivity index (χ1v) is 7.49. The Kier molecular flexibility index (Phi) is 6.91. The molecule has 6 heteroatoms. The highest BCUT2D eigenvalue weighted by Crippen LogP contribution is 2.18. The third-order valence-corrected chi connectivity index (χ3v) is 3.28. The van der Waals surface area contributed by atoms with Gasteiger partial charge in [0.2, 0.25) is 0 Å². The van der Waals surface area contributed by atoms with Gasteiger partial charge in [-0.15, -0.1) is 0 Å². The third kappa shape index (κ3) is 5.07. The van der Waals surface area contributed by atoms with Crippen LogP contribution >= 0.6 is 15.9 Å². The fourth-order valence-electron chi connectivity index (χ4n) is 1.80. The Hall–Kier alpha value is -1.17. The van der Waals surface area contributed by atoms with E-state index in [0.717, 1.165) is 11.8 Å². The molecule has 0 bridgehead atoms. The van der Waals surface area contributed by atoms with Crippen LogP contribution in [0.5, 0.6) is 5.75 Å². The van der Waals surface area contributed by atoms with Crippen molar-refractivity contribution in [2.24, 2.45) is 0 Å². The minimum absolute atomic E-state index is 0.00459. The van der Waals surface area contributed by atoms with Gasteiger partial charge in [-0.2, -0.15) is 8.78 Å². The van der Waals surface area contributed by atoms with E-state index in [9.17, 15) is 13.6 Å². The van der Waals surface area contributed by atoms with Crippen molar-refractivity contribution < 1.29 is 18.3 Å². The van der Waals surface area contributed by atoms with Crippen molar-refractivity contribution in [1.29, 1.82) is 0 Å². The van der Waals surface area contributed by atoms with Crippen LogP contribution in [0.1, 0.15) is 30.6 Å². The van der Waals surface area contributed by atoms with Gasteiger partial charge in [-0.3, -0.25) is 4.79 Å². The van der Waals surface area contributed by atoms with Crippen molar-refractivity contribution in [3.63, 3.8) is 0 Å². The predicted molar refractivity (Wildman–Crippen MR) is 77.7 cm³/mol. The van der Waals surface area contributed by atoms with Crippen molar-refractivity contribution in [1.82, 2.24) is 4.90 Å². The molecule has 112 valence electrons. The summed E-state index contributed by atoms with van der Waals surface area (Å²) in [5.41, 5.74) is 0.353. The van der Waals surface area contributed by atoms with E-state index in [1.807, 2.05) is 13.8 Å². The molecule has 1 rings (SSSR count). The number of carbonyl (C=O) groups excluding carboxylic acids is 1. The average molecular weight is 350 g/mol. The number of nitrogens with zero attached hydrogens (tertiary/aromatic N) is 1. The Labute approximate surface area is 126 Å². The van der Waals surface area contributed by atoms with Gasteiger partial charge in [0.05, 0.1) is 0 Å². The van der Waals surface area contributed by atoms with E-state index < -0.39 is 6.61 Å². The van der Waals surface area contributed by atoms with Crippen molar-refractivity contribution in [3.05, 3.63) is 29.8 Å². The molecule has 1 aromatic carbocycles. The highest BCUT2D eigenvalue weighted by atomic mass is 79.9. The highest BCUT2D eigenvalue weighted by Gasteiger charge is 2.19. The molecule has 1 aromatic rings. The van der Waals surface area contributed by atoms with Crippen LogP contribution in [-0.2, 0) is 0 Å². The van der Waals surface area contributed by atoms with Gasteiger partial charge in [0.1, 0.15) is 5.75 Å². The van der Waals surface area contributed by atoms with Gasteiger partial charge in [0.15, 0.2) is 0 Å². The Morgan fingerprint density at radius 1 is 1.40 bits per heavy atom. The molecule has 0 heterocycles. The first-order chi connectivity index (χ1) is 9.45. The van der Waals surface area contributed by atoms with E-state index in [2.05, 4.69) is 20.7 Å². The molecule has 0 N–H and O–H groups in total. The van der Waals surface area contributed by atoms with Crippen LogP contribution in [0.25, 0.3) is 0 Å². The van der Waals surface area contributed by atoms with Gasteiger partial charge in [-0.25, -0.2) is 0 Å². The predicted octanol–water partition coefficient (Wildman–Crippen LogP) is 3.92. The minimum Gasteiger partial charge on any atom is -0.435 e. The van der Waals surface area contributed by atoms with Crippen LogP contribution in [-0.4, -0.2) is 35.3 Å². The summed E-state index contributed by atoms with van der Waals surface area (Å²) in [6.45, 7) is 1.56. The van der Waals surface area contributed by atoms with Gasteiger partial charge in [-0.1, -0.05) is 22.0 Å². The lowest BCUT2D eigenvalue weighted by Gasteiger charge is -2.26. The maximum atomic E-state index is 12.4. The standard InChI is InChI=1S/C14H18BrF2NO2/c1-10(2)18(8-4-7-15)13(19)11-5-3-6-12(9-11)20-14(16)17/h3,5-6,9-10,14H,4,7-8H2,1-2H3. The molecular formula is C14H18BrF2NO2.